The van der Waals surface area contributed by atoms with Crippen LogP contribution in [0.2, 0.25) is 0 Å². The summed E-state index contributed by atoms with van der Waals surface area (Å²) in [5.41, 5.74) is 1.86. The summed E-state index contributed by atoms with van der Waals surface area (Å²) in [6.07, 6.45) is 0. The fourth-order valence-electron chi connectivity index (χ4n) is 3.45. The smallest absolute Gasteiger partial charge is 0.246 e. The van der Waals surface area contributed by atoms with Crippen LogP contribution >= 0.6 is 0 Å². The molecule has 0 spiro atoms. The average Bonchev–Trinajstić information content (AvgIpc) is 3.23. The molecule has 1 N–H and O–H groups in total. The van der Waals surface area contributed by atoms with Gasteiger partial charge in [-0.25, -0.2) is 0 Å². The topological polar surface area (TPSA) is 85.2 Å². The molecule has 1 aliphatic rings. The number of hydrogen-bond donors (Lipinski definition) is 1. The van der Waals surface area contributed by atoms with E-state index >= 15 is 0 Å². The van der Waals surface area contributed by atoms with E-state index in [2.05, 4.69) is 20.7 Å². The van der Waals surface area contributed by atoms with Gasteiger partial charge in [-0.05, 0) is 11.3 Å². The lowest BCUT2D eigenvalue weighted by molar-refractivity contribution is -0.135. The van der Waals surface area contributed by atoms with Crippen molar-refractivity contribution in [2.24, 2.45) is 0 Å². The molecule has 2 heterocycles. The van der Waals surface area contributed by atoms with Gasteiger partial charge < -0.3 is 15.0 Å². The standard InChI is InChI=1S/C20H22N6O2/c1-28-18-10-6-5-9-16(18)17-13-21-11-12-25(17)19(27)14-26-23-20(22-24-26)15-7-3-2-4-8-15/h2-10,17,21H,11-14H2,1H3. The molecule has 0 aliphatic carbocycles. The maximum atomic E-state index is 13.0. The number of nitrogens with zero attached hydrogens (tertiary/aromatic N) is 5. The number of benzene rings is 2. The second-order valence-electron chi connectivity index (χ2n) is 6.56. The molecule has 0 bridgehead atoms. The number of ether oxygens (including phenoxy) is 1. The van der Waals surface area contributed by atoms with Crippen molar-refractivity contribution in [3.63, 3.8) is 0 Å². The molecule has 28 heavy (non-hydrogen) atoms. The molecular weight excluding hydrogens is 356 g/mol. The third kappa shape index (κ3) is 3.72. The number of methoxy groups -OCH3 is 1. The lowest BCUT2D eigenvalue weighted by Gasteiger charge is -2.37. The second-order valence-corrected chi connectivity index (χ2v) is 6.56. The number of piperazine rings is 1. The number of tetrazole rings is 1. The summed E-state index contributed by atoms with van der Waals surface area (Å²) in [6, 6.07) is 17.3. The maximum absolute atomic E-state index is 13.0. The summed E-state index contributed by atoms with van der Waals surface area (Å²) in [6.45, 7) is 2.08. The monoisotopic (exact) mass is 378 g/mol. The molecular formula is C20H22N6O2. The Morgan fingerprint density at radius 2 is 1.96 bits per heavy atom. The minimum Gasteiger partial charge on any atom is -0.496 e. The molecule has 2 aromatic carbocycles. The van der Waals surface area contributed by atoms with E-state index in [9.17, 15) is 4.79 Å². The molecule has 3 aromatic rings. The van der Waals surface area contributed by atoms with E-state index in [1.165, 1.54) is 4.80 Å². The van der Waals surface area contributed by atoms with Crippen LogP contribution in [0, 0.1) is 0 Å². The highest BCUT2D eigenvalue weighted by atomic mass is 16.5. The zero-order valence-corrected chi connectivity index (χ0v) is 15.7. The first-order valence-corrected chi connectivity index (χ1v) is 9.22. The number of amides is 1. The molecule has 1 aliphatic heterocycles. The Hall–Kier alpha value is -3.26. The van der Waals surface area contributed by atoms with Gasteiger partial charge in [0.25, 0.3) is 0 Å². The number of hydrogen-bond acceptors (Lipinski definition) is 6. The van der Waals surface area contributed by atoms with E-state index in [0.717, 1.165) is 23.4 Å². The third-order valence-corrected chi connectivity index (χ3v) is 4.82. The minimum atomic E-state index is -0.102. The van der Waals surface area contributed by atoms with Crippen molar-refractivity contribution in [2.45, 2.75) is 12.6 Å². The molecule has 0 saturated carbocycles. The van der Waals surface area contributed by atoms with Crippen molar-refractivity contribution in [2.75, 3.05) is 26.7 Å². The van der Waals surface area contributed by atoms with Crippen molar-refractivity contribution >= 4 is 5.91 Å². The average molecular weight is 378 g/mol. The maximum Gasteiger partial charge on any atom is 0.246 e. The van der Waals surface area contributed by atoms with E-state index in [-0.39, 0.29) is 18.5 Å². The zero-order chi connectivity index (χ0) is 19.3. The van der Waals surface area contributed by atoms with Gasteiger partial charge in [-0.2, -0.15) is 4.80 Å². The number of para-hydroxylation sites is 1. The van der Waals surface area contributed by atoms with Crippen molar-refractivity contribution < 1.29 is 9.53 Å². The first-order valence-electron chi connectivity index (χ1n) is 9.22. The number of rotatable bonds is 5. The van der Waals surface area contributed by atoms with Crippen LogP contribution in [0.15, 0.2) is 54.6 Å². The predicted molar refractivity (Wildman–Crippen MR) is 104 cm³/mol. The lowest BCUT2D eigenvalue weighted by atomic mass is 10.0. The predicted octanol–water partition coefficient (Wildman–Crippen LogP) is 1.52. The van der Waals surface area contributed by atoms with Gasteiger partial charge in [0.15, 0.2) is 0 Å². The molecule has 8 nitrogen and oxygen atoms in total. The highest BCUT2D eigenvalue weighted by Crippen LogP contribution is 2.30. The molecule has 1 aromatic heterocycles. The van der Waals surface area contributed by atoms with Gasteiger partial charge in [0.05, 0.1) is 13.2 Å². The largest absolute Gasteiger partial charge is 0.496 e. The highest BCUT2D eigenvalue weighted by molar-refractivity contribution is 5.76. The van der Waals surface area contributed by atoms with Crippen molar-refractivity contribution in [3.05, 3.63) is 60.2 Å². The summed E-state index contributed by atoms with van der Waals surface area (Å²) >= 11 is 0. The summed E-state index contributed by atoms with van der Waals surface area (Å²) in [5, 5.41) is 15.8. The molecule has 1 fully saturated rings. The van der Waals surface area contributed by atoms with E-state index in [1.54, 1.807) is 7.11 Å². The summed E-state index contributed by atoms with van der Waals surface area (Å²) in [7, 11) is 1.64. The van der Waals surface area contributed by atoms with E-state index < -0.39 is 0 Å². The number of aromatic nitrogens is 4. The van der Waals surface area contributed by atoms with Gasteiger partial charge in [0.1, 0.15) is 12.3 Å². The van der Waals surface area contributed by atoms with Crippen molar-refractivity contribution in [1.82, 2.24) is 30.4 Å². The number of nitrogens with one attached hydrogen (secondary N) is 1. The Morgan fingerprint density at radius 1 is 1.18 bits per heavy atom. The Bertz CT molecular complexity index is 943. The molecule has 1 atom stereocenters. The normalized spacial score (nSPS) is 16.8. The first-order chi connectivity index (χ1) is 13.8. The fourth-order valence-corrected chi connectivity index (χ4v) is 3.45. The van der Waals surface area contributed by atoms with Crippen LogP contribution in [0.4, 0.5) is 0 Å². The van der Waals surface area contributed by atoms with Gasteiger partial charge in [0.2, 0.25) is 11.7 Å². The van der Waals surface area contributed by atoms with Crippen LogP contribution in [-0.4, -0.2) is 57.8 Å². The lowest BCUT2D eigenvalue weighted by Crippen LogP contribution is -2.49. The second kappa shape index (κ2) is 8.18. The Kier molecular flexibility index (Phi) is 5.29. The zero-order valence-electron chi connectivity index (χ0n) is 15.7. The van der Waals surface area contributed by atoms with Gasteiger partial charge in [0, 0.05) is 30.8 Å². The van der Waals surface area contributed by atoms with Crippen LogP contribution in [0.1, 0.15) is 11.6 Å². The molecule has 8 heteroatoms. The molecule has 4 rings (SSSR count). The van der Waals surface area contributed by atoms with Crippen LogP contribution in [0.3, 0.4) is 0 Å². The van der Waals surface area contributed by atoms with Gasteiger partial charge in [-0.1, -0.05) is 48.5 Å². The van der Waals surface area contributed by atoms with E-state index in [0.29, 0.717) is 18.9 Å². The Labute approximate surface area is 163 Å². The van der Waals surface area contributed by atoms with Crippen molar-refractivity contribution in [3.8, 4) is 17.1 Å². The van der Waals surface area contributed by atoms with Gasteiger partial charge in [-0.15, -0.1) is 10.2 Å². The highest BCUT2D eigenvalue weighted by Gasteiger charge is 2.30. The van der Waals surface area contributed by atoms with Crippen molar-refractivity contribution in [1.29, 1.82) is 0 Å². The fraction of sp³-hybridized carbons (Fsp3) is 0.300. The molecule has 144 valence electrons. The SMILES string of the molecule is COc1ccccc1C1CNCCN1C(=O)Cn1nnc(-c2ccccc2)n1. The molecule has 1 amide bonds. The van der Waals surface area contributed by atoms with Gasteiger partial charge in [-0.3, -0.25) is 4.79 Å². The molecule has 1 saturated heterocycles. The van der Waals surface area contributed by atoms with Crippen LogP contribution in [0.25, 0.3) is 11.4 Å². The molecule has 0 radical (unpaired) electrons. The van der Waals surface area contributed by atoms with E-state index in [4.69, 9.17) is 4.74 Å². The number of carbonyl (C=O) groups excluding carboxylic acids is 1. The summed E-state index contributed by atoms with van der Waals surface area (Å²) in [5.74, 6) is 1.24. The van der Waals surface area contributed by atoms with Crippen LogP contribution < -0.4 is 10.1 Å². The minimum absolute atomic E-state index is 0.0468. The third-order valence-electron chi connectivity index (χ3n) is 4.82. The number of carbonyl (C=O) groups is 1. The van der Waals surface area contributed by atoms with Crippen LogP contribution in [-0.2, 0) is 11.3 Å². The molecule has 1 unspecified atom stereocenters. The Balaban J connectivity index is 1.52. The Morgan fingerprint density at radius 3 is 2.79 bits per heavy atom. The summed E-state index contributed by atoms with van der Waals surface area (Å²) < 4.78 is 5.49. The first kappa shape index (κ1) is 18.1. The van der Waals surface area contributed by atoms with Crippen LogP contribution in [0.5, 0.6) is 5.75 Å². The van der Waals surface area contributed by atoms with E-state index in [1.807, 2.05) is 59.5 Å². The van der Waals surface area contributed by atoms with Gasteiger partial charge >= 0.3 is 0 Å². The summed E-state index contributed by atoms with van der Waals surface area (Å²) in [4.78, 5) is 16.2. The quantitative estimate of drug-likeness (QED) is 0.725.